The Morgan fingerprint density at radius 1 is 0.909 bits per heavy atom. The number of carbonyl (C=O) groups is 1. The predicted molar refractivity (Wildman–Crippen MR) is 134 cm³/mol. The molecular weight excluding hydrogens is 428 g/mol. The van der Waals surface area contributed by atoms with Gasteiger partial charge in [-0.1, -0.05) is 72.0 Å². The third kappa shape index (κ3) is 4.32. The van der Waals surface area contributed by atoms with E-state index >= 15 is 0 Å². The first kappa shape index (κ1) is 21.2. The van der Waals surface area contributed by atoms with Gasteiger partial charge in [-0.05, 0) is 60.4 Å². The Hall–Kier alpha value is -3.70. The molecule has 5 heteroatoms. The summed E-state index contributed by atoms with van der Waals surface area (Å²) in [5.41, 5.74) is 5.21. The minimum Gasteiger partial charge on any atom is -0.467 e. The lowest BCUT2D eigenvalue weighted by molar-refractivity contribution is -0.119. The van der Waals surface area contributed by atoms with Gasteiger partial charge in [-0.3, -0.25) is 9.69 Å². The zero-order chi connectivity index (χ0) is 22.8. The van der Waals surface area contributed by atoms with Gasteiger partial charge in [-0.15, -0.1) is 0 Å². The average molecular weight is 453 g/mol. The number of nitrogens with zero attached hydrogens (tertiary/aromatic N) is 2. The van der Waals surface area contributed by atoms with E-state index in [4.69, 9.17) is 9.40 Å². The number of hydrogen-bond donors (Lipinski definition) is 0. The molecule has 0 aliphatic heterocycles. The van der Waals surface area contributed by atoms with Crippen LogP contribution in [0.1, 0.15) is 33.9 Å². The highest BCUT2D eigenvalue weighted by Crippen LogP contribution is 2.35. The number of anilines is 1. The molecule has 0 radical (unpaired) electrons. The lowest BCUT2D eigenvalue weighted by Gasteiger charge is -2.25. The number of thiazole rings is 1. The van der Waals surface area contributed by atoms with Gasteiger partial charge < -0.3 is 4.42 Å². The summed E-state index contributed by atoms with van der Waals surface area (Å²) < 4.78 is 6.69. The van der Waals surface area contributed by atoms with Crippen molar-refractivity contribution in [3.05, 3.63) is 119 Å². The van der Waals surface area contributed by atoms with Crippen molar-refractivity contribution in [1.29, 1.82) is 0 Å². The molecule has 0 aliphatic rings. The maximum atomic E-state index is 14.2. The Morgan fingerprint density at radius 2 is 1.55 bits per heavy atom. The zero-order valence-electron chi connectivity index (χ0n) is 18.6. The molecule has 2 heterocycles. The first-order valence-electron chi connectivity index (χ1n) is 10.9. The number of amides is 1. The van der Waals surface area contributed by atoms with Crippen LogP contribution in [0.25, 0.3) is 10.2 Å². The van der Waals surface area contributed by atoms with Crippen molar-refractivity contribution in [2.75, 3.05) is 4.90 Å². The van der Waals surface area contributed by atoms with Crippen LogP contribution in [0.4, 0.5) is 5.13 Å². The molecule has 0 saturated heterocycles. The van der Waals surface area contributed by atoms with E-state index in [1.807, 2.05) is 72.8 Å². The predicted octanol–water partition coefficient (Wildman–Crippen LogP) is 6.87. The topological polar surface area (TPSA) is 46.3 Å². The summed E-state index contributed by atoms with van der Waals surface area (Å²) >= 11 is 1.54. The van der Waals surface area contributed by atoms with E-state index in [2.05, 4.69) is 26.0 Å². The number of carbonyl (C=O) groups excluding carboxylic acids is 1. The summed E-state index contributed by atoms with van der Waals surface area (Å²) in [7, 11) is 0. The Balaban J connectivity index is 1.63. The molecule has 0 bridgehead atoms. The van der Waals surface area contributed by atoms with Gasteiger partial charge in [-0.2, -0.15) is 0 Å². The Morgan fingerprint density at radius 3 is 2.15 bits per heavy atom. The monoisotopic (exact) mass is 452 g/mol. The molecule has 4 nitrogen and oxygen atoms in total. The standard InChI is InChI=1S/C28H24N2O2S/c1-19-16-24-25(17-20(19)2)33-28(29-24)30(18-23-14-9-15-32-23)27(31)26(21-10-5-3-6-11-21)22-12-7-4-8-13-22/h3-17,26H,18H2,1-2H3. The van der Waals surface area contributed by atoms with E-state index in [1.165, 1.54) is 22.5 Å². The first-order valence-corrected chi connectivity index (χ1v) is 11.7. The molecular formula is C28H24N2O2S. The van der Waals surface area contributed by atoms with Crippen molar-refractivity contribution in [2.45, 2.75) is 26.3 Å². The lowest BCUT2D eigenvalue weighted by atomic mass is 9.90. The number of aromatic nitrogens is 1. The number of rotatable bonds is 6. The highest BCUT2D eigenvalue weighted by molar-refractivity contribution is 7.22. The maximum absolute atomic E-state index is 14.2. The van der Waals surface area contributed by atoms with Gasteiger partial charge in [-0.25, -0.2) is 4.98 Å². The van der Waals surface area contributed by atoms with Crippen LogP contribution < -0.4 is 4.90 Å². The second-order valence-corrected chi connectivity index (χ2v) is 9.17. The normalized spacial score (nSPS) is 11.2. The highest BCUT2D eigenvalue weighted by Gasteiger charge is 2.31. The molecule has 3 aromatic carbocycles. The first-order chi connectivity index (χ1) is 16.1. The number of furan rings is 1. The summed E-state index contributed by atoms with van der Waals surface area (Å²) in [6, 6.07) is 27.8. The Kier molecular flexibility index (Phi) is 5.80. The highest BCUT2D eigenvalue weighted by atomic mass is 32.1. The van der Waals surface area contributed by atoms with Crippen LogP contribution in [-0.2, 0) is 11.3 Å². The minimum atomic E-state index is -0.446. The molecule has 2 aromatic heterocycles. The quantitative estimate of drug-likeness (QED) is 0.282. The molecule has 0 atom stereocenters. The molecule has 164 valence electrons. The van der Waals surface area contributed by atoms with E-state index in [0.29, 0.717) is 11.7 Å². The molecule has 1 amide bonds. The van der Waals surface area contributed by atoms with Gasteiger partial charge in [0.15, 0.2) is 5.13 Å². The fraction of sp³-hybridized carbons (Fsp3) is 0.143. The summed E-state index contributed by atoms with van der Waals surface area (Å²) in [5.74, 6) is 0.240. The van der Waals surface area contributed by atoms with Crippen molar-refractivity contribution in [1.82, 2.24) is 4.98 Å². The summed E-state index contributed by atoms with van der Waals surface area (Å²) in [6.07, 6.45) is 1.63. The van der Waals surface area contributed by atoms with Crippen molar-refractivity contribution in [3.8, 4) is 0 Å². The summed E-state index contributed by atoms with van der Waals surface area (Å²) in [4.78, 5) is 20.9. The van der Waals surface area contributed by atoms with Gasteiger partial charge in [0.25, 0.3) is 0 Å². The summed E-state index contributed by atoms with van der Waals surface area (Å²) in [6.45, 7) is 4.50. The van der Waals surface area contributed by atoms with Crippen LogP contribution in [0.2, 0.25) is 0 Å². The number of hydrogen-bond acceptors (Lipinski definition) is 4. The van der Waals surface area contributed by atoms with E-state index < -0.39 is 5.92 Å². The number of aryl methyl sites for hydroxylation is 2. The minimum absolute atomic E-state index is 0.0312. The van der Waals surface area contributed by atoms with Crippen LogP contribution in [0.5, 0.6) is 0 Å². The van der Waals surface area contributed by atoms with E-state index in [0.717, 1.165) is 27.1 Å². The van der Waals surface area contributed by atoms with E-state index in [1.54, 1.807) is 11.2 Å². The van der Waals surface area contributed by atoms with Gasteiger partial charge >= 0.3 is 0 Å². The third-order valence-electron chi connectivity index (χ3n) is 5.90. The van der Waals surface area contributed by atoms with Crippen molar-refractivity contribution < 1.29 is 9.21 Å². The van der Waals surface area contributed by atoms with Gasteiger partial charge in [0.1, 0.15) is 5.76 Å². The van der Waals surface area contributed by atoms with Crippen molar-refractivity contribution in [3.63, 3.8) is 0 Å². The number of fused-ring (bicyclic) bond motifs is 1. The van der Waals surface area contributed by atoms with Crippen LogP contribution in [0.15, 0.2) is 95.6 Å². The van der Waals surface area contributed by atoms with Gasteiger partial charge in [0.05, 0.1) is 28.9 Å². The van der Waals surface area contributed by atoms with Crippen LogP contribution in [0.3, 0.4) is 0 Å². The second-order valence-electron chi connectivity index (χ2n) is 8.16. The average Bonchev–Trinajstić information content (AvgIpc) is 3.49. The lowest BCUT2D eigenvalue weighted by Crippen LogP contribution is -2.35. The van der Waals surface area contributed by atoms with E-state index in [9.17, 15) is 4.79 Å². The number of benzene rings is 3. The Labute approximate surface area is 197 Å². The zero-order valence-corrected chi connectivity index (χ0v) is 19.4. The van der Waals surface area contributed by atoms with Gasteiger partial charge in [0.2, 0.25) is 5.91 Å². The molecule has 0 aliphatic carbocycles. The third-order valence-corrected chi connectivity index (χ3v) is 6.94. The fourth-order valence-corrected chi connectivity index (χ4v) is 5.06. The molecule has 0 fully saturated rings. The molecule has 0 unspecified atom stereocenters. The van der Waals surface area contributed by atoms with Crippen LogP contribution in [0, 0.1) is 13.8 Å². The molecule has 0 N–H and O–H groups in total. The molecule has 5 aromatic rings. The smallest absolute Gasteiger partial charge is 0.241 e. The molecule has 33 heavy (non-hydrogen) atoms. The van der Waals surface area contributed by atoms with Crippen LogP contribution in [-0.4, -0.2) is 10.9 Å². The Bertz CT molecular complexity index is 1300. The van der Waals surface area contributed by atoms with Crippen molar-refractivity contribution >= 4 is 32.6 Å². The van der Waals surface area contributed by atoms with Crippen LogP contribution >= 0.6 is 11.3 Å². The molecule has 0 saturated carbocycles. The van der Waals surface area contributed by atoms with Gasteiger partial charge in [0, 0.05) is 0 Å². The molecule has 0 spiro atoms. The van der Waals surface area contributed by atoms with Crippen molar-refractivity contribution in [2.24, 2.45) is 0 Å². The maximum Gasteiger partial charge on any atom is 0.241 e. The fourth-order valence-electron chi connectivity index (χ4n) is 4.01. The largest absolute Gasteiger partial charge is 0.467 e. The SMILES string of the molecule is Cc1cc2nc(N(Cc3ccco3)C(=O)C(c3ccccc3)c3ccccc3)sc2cc1C. The van der Waals surface area contributed by atoms with E-state index in [-0.39, 0.29) is 5.91 Å². The summed E-state index contributed by atoms with van der Waals surface area (Å²) in [5, 5.41) is 0.674. The molecule has 5 rings (SSSR count). The second kappa shape index (κ2) is 9.04.